The van der Waals surface area contributed by atoms with Crippen LogP contribution in [0.15, 0.2) is 17.3 Å². The monoisotopic (exact) mass is 280 g/mol. The van der Waals surface area contributed by atoms with E-state index in [9.17, 15) is 17.2 Å². The van der Waals surface area contributed by atoms with Crippen molar-refractivity contribution in [3.63, 3.8) is 0 Å². The molecule has 0 saturated carbocycles. The van der Waals surface area contributed by atoms with Gasteiger partial charge in [-0.15, -0.1) is 0 Å². The quantitative estimate of drug-likeness (QED) is 0.825. The minimum atomic E-state index is -3.61. The average Bonchev–Trinajstić information content (AvgIpc) is 2.78. The van der Waals surface area contributed by atoms with E-state index in [4.69, 9.17) is 0 Å². The highest BCUT2D eigenvalue weighted by atomic mass is 32.2. The number of piperazine rings is 1. The highest BCUT2D eigenvalue weighted by Crippen LogP contribution is 2.15. The molecule has 0 atom stereocenters. The van der Waals surface area contributed by atoms with Crippen LogP contribution >= 0.6 is 0 Å². The lowest BCUT2D eigenvalue weighted by atomic mass is 10.4. The number of hydrogen-bond acceptors (Lipinski definition) is 4. The van der Waals surface area contributed by atoms with Gasteiger partial charge in [0.1, 0.15) is 11.4 Å². The van der Waals surface area contributed by atoms with E-state index in [0.717, 1.165) is 17.1 Å². The van der Waals surface area contributed by atoms with Gasteiger partial charge in [-0.2, -0.15) is 9.40 Å². The van der Waals surface area contributed by atoms with Gasteiger partial charge in [-0.3, -0.25) is 4.68 Å². The summed E-state index contributed by atoms with van der Waals surface area (Å²) in [5, 5.41) is 6.68. The Morgan fingerprint density at radius 3 is 2.67 bits per heavy atom. The first-order chi connectivity index (χ1) is 8.50. The third kappa shape index (κ3) is 2.85. The van der Waals surface area contributed by atoms with Crippen LogP contribution in [-0.4, -0.2) is 55.1 Å². The van der Waals surface area contributed by atoms with Gasteiger partial charge >= 0.3 is 0 Å². The summed E-state index contributed by atoms with van der Waals surface area (Å²) >= 11 is 0. The van der Waals surface area contributed by atoms with Crippen LogP contribution in [0.5, 0.6) is 0 Å². The average molecular weight is 280 g/mol. The Hall–Kier alpha value is -1.06. The Morgan fingerprint density at radius 1 is 1.39 bits per heavy atom. The third-order valence-electron chi connectivity index (χ3n) is 2.65. The number of sulfonamides is 1. The lowest BCUT2D eigenvalue weighted by molar-refractivity contribution is 0.121. The van der Waals surface area contributed by atoms with Crippen LogP contribution in [0.25, 0.3) is 0 Å². The van der Waals surface area contributed by atoms with Crippen molar-refractivity contribution in [3.05, 3.63) is 12.4 Å². The van der Waals surface area contributed by atoms with E-state index in [2.05, 4.69) is 10.4 Å². The fourth-order valence-corrected chi connectivity index (χ4v) is 3.15. The van der Waals surface area contributed by atoms with E-state index in [0.29, 0.717) is 26.2 Å². The second kappa shape index (κ2) is 5.29. The number of aromatic nitrogens is 2. The van der Waals surface area contributed by atoms with Crippen LogP contribution in [-0.2, 0) is 16.6 Å². The molecule has 0 bridgehead atoms. The molecule has 2 rings (SSSR count). The number of halogens is 2. The molecular formula is C9H14F2N4O2S. The van der Waals surface area contributed by atoms with Crippen LogP contribution in [0.1, 0.15) is 0 Å². The first-order valence-corrected chi connectivity index (χ1v) is 6.95. The summed E-state index contributed by atoms with van der Waals surface area (Å²) in [6.45, 7) is 1.33. The summed E-state index contributed by atoms with van der Waals surface area (Å²) < 4.78 is 50.9. The van der Waals surface area contributed by atoms with E-state index >= 15 is 0 Å². The summed E-state index contributed by atoms with van der Waals surface area (Å²) in [4.78, 5) is -0.0370. The largest absolute Gasteiger partial charge is 0.314 e. The van der Waals surface area contributed by atoms with Crippen LogP contribution in [0, 0.1) is 0 Å². The molecule has 0 radical (unpaired) electrons. The normalized spacial score (nSPS) is 18.4. The molecule has 1 N–H and O–H groups in total. The molecule has 102 valence electrons. The molecule has 1 saturated heterocycles. The molecule has 0 amide bonds. The van der Waals surface area contributed by atoms with Gasteiger partial charge in [-0.1, -0.05) is 0 Å². The summed E-state index contributed by atoms with van der Waals surface area (Å²) in [7, 11) is -3.61. The molecule has 0 aromatic carbocycles. The van der Waals surface area contributed by atoms with Gasteiger partial charge in [0, 0.05) is 32.4 Å². The molecule has 2 heterocycles. The van der Waals surface area contributed by atoms with Gasteiger partial charge in [0.25, 0.3) is 6.43 Å². The second-order valence-corrected chi connectivity index (χ2v) is 5.88. The molecule has 1 aromatic rings. The van der Waals surface area contributed by atoms with Crippen LogP contribution < -0.4 is 5.32 Å². The maximum absolute atomic E-state index is 12.2. The summed E-state index contributed by atoms with van der Waals surface area (Å²) in [5.74, 6) is 0. The van der Waals surface area contributed by atoms with Crippen molar-refractivity contribution in [1.29, 1.82) is 0 Å². The van der Waals surface area contributed by atoms with E-state index in [1.807, 2.05) is 0 Å². The lowest BCUT2D eigenvalue weighted by Crippen LogP contribution is -2.46. The van der Waals surface area contributed by atoms with Crippen LogP contribution in [0.2, 0.25) is 0 Å². The number of nitrogens with one attached hydrogen (secondary N) is 1. The third-order valence-corrected chi connectivity index (χ3v) is 4.50. The van der Waals surface area contributed by atoms with Gasteiger partial charge in [-0.25, -0.2) is 17.2 Å². The first kappa shape index (κ1) is 13.4. The molecule has 1 aromatic heterocycles. The number of alkyl halides is 2. The Bertz CT molecular complexity index is 496. The van der Waals surface area contributed by atoms with Crippen molar-refractivity contribution in [2.24, 2.45) is 0 Å². The van der Waals surface area contributed by atoms with Gasteiger partial charge in [0.05, 0.1) is 6.20 Å². The van der Waals surface area contributed by atoms with Crippen molar-refractivity contribution in [2.45, 2.75) is 17.9 Å². The van der Waals surface area contributed by atoms with Crippen LogP contribution in [0.4, 0.5) is 8.78 Å². The molecule has 9 heteroatoms. The van der Waals surface area contributed by atoms with E-state index in [1.54, 1.807) is 0 Å². The molecule has 1 fully saturated rings. The van der Waals surface area contributed by atoms with E-state index < -0.39 is 23.0 Å². The topological polar surface area (TPSA) is 67.2 Å². The molecule has 0 unspecified atom stereocenters. The number of nitrogens with zero attached hydrogens (tertiary/aromatic N) is 3. The Morgan fingerprint density at radius 2 is 2.06 bits per heavy atom. The Labute approximate surface area is 104 Å². The fraction of sp³-hybridized carbons (Fsp3) is 0.667. The minimum Gasteiger partial charge on any atom is -0.314 e. The number of hydrogen-bond donors (Lipinski definition) is 1. The van der Waals surface area contributed by atoms with Crippen molar-refractivity contribution >= 4 is 10.0 Å². The molecular weight excluding hydrogens is 266 g/mol. The Kier molecular flexibility index (Phi) is 3.93. The maximum atomic E-state index is 12.2. The summed E-state index contributed by atoms with van der Waals surface area (Å²) in [6, 6.07) is 0. The Balaban J connectivity index is 2.16. The molecule has 0 spiro atoms. The van der Waals surface area contributed by atoms with Crippen molar-refractivity contribution in [2.75, 3.05) is 26.2 Å². The second-order valence-electron chi connectivity index (χ2n) is 3.94. The predicted molar refractivity (Wildman–Crippen MR) is 59.9 cm³/mol. The molecule has 0 aliphatic carbocycles. The molecule has 6 nitrogen and oxygen atoms in total. The van der Waals surface area contributed by atoms with Crippen molar-refractivity contribution < 1.29 is 17.2 Å². The molecule has 18 heavy (non-hydrogen) atoms. The zero-order chi connectivity index (χ0) is 13.2. The lowest BCUT2D eigenvalue weighted by Gasteiger charge is -2.25. The highest BCUT2D eigenvalue weighted by molar-refractivity contribution is 7.89. The van der Waals surface area contributed by atoms with E-state index in [1.165, 1.54) is 4.31 Å². The highest BCUT2D eigenvalue weighted by Gasteiger charge is 2.27. The maximum Gasteiger partial charge on any atom is 0.257 e. The van der Waals surface area contributed by atoms with Gasteiger partial charge < -0.3 is 5.32 Å². The summed E-state index contributed by atoms with van der Waals surface area (Å²) in [5.41, 5.74) is 0. The van der Waals surface area contributed by atoms with Crippen molar-refractivity contribution in [3.8, 4) is 0 Å². The zero-order valence-corrected chi connectivity index (χ0v) is 10.4. The first-order valence-electron chi connectivity index (χ1n) is 5.51. The van der Waals surface area contributed by atoms with Gasteiger partial charge in [0.2, 0.25) is 10.0 Å². The fourth-order valence-electron chi connectivity index (χ4n) is 1.75. The molecule has 1 aliphatic rings. The van der Waals surface area contributed by atoms with Gasteiger partial charge in [0.15, 0.2) is 0 Å². The van der Waals surface area contributed by atoms with Crippen molar-refractivity contribution in [1.82, 2.24) is 19.4 Å². The SMILES string of the molecule is O=S(=O)(c1cnn(CC(F)F)c1)N1CCNCC1. The minimum absolute atomic E-state index is 0.0370. The van der Waals surface area contributed by atoms with Crippen LogP contribution in [0.3, 0.4) is 0 Å². The molecule has 1 aliphatic heterocycles. The van der Waals surface area contributed by atoms with E-state index in [-0.39, 0.29) is 4.90 Å². The van der Waals surface area contributed by atoms with Gasteiger partial charge in [-0.05, 0) is 0 Å². The smallest absolute Gasteiger partial charge is 0.257 e. The number of rotatable bonds is 4. The zero-order valence-electron chi connectivity index (χ0n) is 9.59. The predicted octanol–water partition coefficient (Wildman–Crippen LogP) is -0.258. The summed E-state index contributed by atoms with van der Waals surface area (Å²) in [6.07, 6.45) is -0.303. The standard InChI is InChI=1S/C9H14F2N4O2S/c10-9(11)7-14-6-8(5-13-14)18(16,17)15-3-1-12-2-4-15/h5-6,9,12H,1-4,7H2.